The summed E-state index contributed by atoms with van der Waals surface area (Å²) in [5, 5.41) is 1.03. The topological polar surface area (TPSA) is 0 Å². The summed E-state index contributed by atoms with van der Waals surface area (Å²) in [5.74, 6) is 0.692. The van der Waals surface area contributed by atoms with Gasteiger partial charge in [-0.1, -0.05) is 48.4 Å². The highest BCUT2D eigenvalue weighted by molar-refractivity contribution is 9.09. The van der Waals surface area contributed by atoms with Crippen molar-refractivity contribution in [3.8, 4) is 0 Å². The molecule has 0 rings (SSSR count). The third-order valence-corrected chi connectivity index (χ3v) is 1.92. The van der Waals surface area contributed by atoms with E-state index in [0.29, 0.717) is 5.92 Å². The average molecular weight is 191 g/mol. The van der Waals surface area contributed by atoms with Gasteiger partial charge in [0.25, 0.3) is 0 Å². The molecule has 0 aliphatic rings. The van der Waals surface area contributed by atoms with Crippen molar-refractivity contribution in [2.24, 2.45) is 5.92 Å². The molecule has 0 nitrogen and oxygen atoms in total. The first-order chi connectivity index (χ1) is 4.20. The van der Waals surface area contributed by atoms with Crippen molar-refractivity contribution >= 4 is 15.9 Å². The molecule has 54 valence electrons. The van der Waals surface area contributed by atoms with Gasteiger partial charge in [-0.15, -0.1) is 0 Å². The molecule has 0 radical (unpaired) electrons. The van der Waals surface area contributed by atoms with Crippen LogP contribution in [0.3, 0.4) is 0 Å². The Morgan fingerprint density at radius 2 is 2.11 bits per heavy atom. The Balaban J connectivity index is 3.75. The molecule has 1 heteroatoms. The second kappa shape index (κ2) is 5.04. The lowest BCUT2D eigenvalue weighted by atomic mass is 10.1. The standard InChI is InChI=1S/C8H15Br/c1-4-8(6-9)5-7(2)3/h5,7H,4,6H2,1-3H3. The quantitative estimate of drug-likeness (QED) is 0.473. The highest BCUT2D eigenvalue weighted by Crippen LogP contribution is 2.08. The minimum Gasteiger partial charge on any atom is -0.0880 e. The molecule has 0 amide bonds. The van der Waals surface area contributed by atoms with Crippen LogP contribution in [0.4, 0.5) is 0 Å². The maximum atomic E-state index is 3.44. The van der Waals surface area contributed by atoms with E-state index in [4.69, 9.17) is 0 Å². The molecular formula is C8H15Br. The van der Waals surface area contributed by atoms with Crippen molar-refractivity contribution in [3.63, 3.8) is 0 Å². The van der Waals surface area contributed by atoms with Crippen LogP contribution in [0.2, 0.25) is 0 Å². The number of allylic oxidation sites excluding steroid dienone is 2. The third-order valence-electron chi connectivity index (χ3n) is 1.19. The summed E-state index contributed by atoms with van der Waals surface area (Å²) < 4.78 is 0. The Morgan fingerprint density at radius 1 is 1.56 bits per heavy atom. The first-order valence-corrected chi connectivity index (χ1v) is 4.58. The van der Waals surface area contributed by atoms with Gasteiger partial charge in [-0.2, -0.15) is 0 Å². The number of halogens is 1. The van der Waals surface area contributed by atoms with Crippen LogP contribution in [0.5, 0.6) is 0 Å². The van der Waals surface area contributed by atoms with Gasteiger partial charge in [-0.05, 0) is 12.3 Å². The molecule has 0 aromatic rings. The molecule has 0 aliphatic heterocycles. The maximum absolute atomic E-state index is 3.44. The normalized spacial score (nSPS) is 12.8. The van der Waals surface area contributed by atoms with Gasteiger partial charge in [-0.25, -0.2) is 0 Å². The maximum Gasteiger partial charge on any atom is 0.0241 e. The highest BCUT2D eigenvalue weighted by atomic mass is 79.9. The highest BCUT2D eigenvalue weighted by Gasteiger charge is 1.91. The molecule has 0 N–H and O–H groups in total. The van der Waals surface area contributed by atoms with Crippen molar-refractivity contribution in [2.45, 2.75) is 27.2 Å². The fraction of sp³-hybridized carbons (Fsp3) is 0.750. The van der Waals surface area contributed by atoms with Gasteiger partial charge in [0, 0.05) is 5.33 Å². The van der Waals surface area contributed by atoms with Gasteiger partial charge in [0.1, 0.15) is 0 Å². The average Bonchev–Trinajstić information content (AvgIpc) is 1.82. The minimum atomic E-state index is 0.692. The van der Waals surface area contributed by atoms with E-state index < -0.39 is 0 Å². The molecule has 0 saturated carbocycles. The Labute approximate surface area is 66.5 Å². The van der Waals surface area contributed by atoms with Gasteiger partial charge >= 0.3 is 0 Å². The second-order valence-electron chi connectivity index (χ2n) is 2.56. The number of hydrogen-bond acceptors (Lipinski definition) is 0. The van der Waals surface area contributed by atoms with Crippen LogP contribution in [-0.4, -0.2) is 5.33 Å². The van der Waals surface area contributed by atoms with Crippen LogP contribution >= 0.6 is 15.9 Å². The van der Waals surface area contributed by atoms with Gasteiger partial charge in [-0.3, -0.25) is 0 Å². The van der Waals surface area contributed by atoms with Gasteiger partial charge < -0.3 is 0 Å². The number of rotatable bonds is 3. The zero-order valence-corrected chi connectivity index (χ0v) is 8.03. The largest absolute Gasteiger partial charge is 0.0880 e. The van der Waals surface area contributed by atoms with Crippen molar-refractivity contribution in [1.29, 1.82) is 0 Å². The summed E-state index contributed by atoms with van der Waals surface area (Å²) in [6.45, 7) is 6.60. The zero-order valence-electron chi connectivity index (χ0n) is 6.45. The predicted octanol–water partition coefficient (Wildman–Crippen LogP) is 3.37. The summed E-state index contributed by atoms with van der Waals surface area (Å²) in [5.41, 5.74) is 1.50. The molecule has 0 aromatic heterocycles. The van der Waals surface area contributed by atoms with Crippen molar-refractivity contribution in [2.75, 3.05) is 5.33 Å². The summed E-state index contributed by atoms with van der Waals surface area (Å²) in [4.78, 5) is 0. The summed E-state index contributed by atoms with van der Waals surface area (Å²) >= 11 is 3.44. The Morgan fingerprint density at radius 3 is 2.22 bits per heavy atom. The third kappa shape index (κ3) is 4.71. The van der Waals surface area contributed by atoms with E-state index in [2.05, 4.69) is 42.8 Å². The van der Waals surface area contributed by atoms with Gasteiger partial charge in [0.15, 0.2) is 0 Å². The Bertz CT molecular complexity index is 86.7. The van der Waals surface area contributed by atoms with Crippen molar-refractivity contribution in [1.82, 2.24) is 0 Å². The lowest BCUT2D eigenvalue weighted by Crippen LogP contribution is -1.86. The second-order valence-corrected chi connectivity index (χ2v) is 3.12. The van der Waals surface area contributed by atoms with E-state index in [1.165, 1.54) is 12.0 Å². The SMILES string of the molecule is CCC(=CC(C)C)CBr. The Hall–Kier alpha value is 0.220. The lowest BCUT2D eigenvalue weighted by Gasteiger charge is -2.00. The first kappa shape index (κ1) is 9.22. The van der Waals surface area contributed by atoms with Crippen LogP contribution in [0.1, 0.15) is 27.2 Å². The monoisotopic (exact) mass is 190 g/mol. The first-order valence-electron chi connectivity index (χ1n) is 3.46. The van der Waals surface area contributed by atoms with Crippen molar-refractivity contribution in [3.05, 3.63) is 11.6 Å². The lowest BCUT2D eigenvalue weighted by molar-refractivity contribution is 0.815. The molecule has 0 fully saturated rings. The fourth-order valence-electron chi connectivity index (χ4n) is 0.728. The van der Waals surface area contributed by atoms with E-state index in [0.717, 1.165) is 5.33 Å². The predicted molar refractivity (Wildman–Crippen MR) is 47.0 cm³/mol. The van der Waals surface area contributed by atoms with E-state index in [-0.39, 0.29) is 0 Å². The van der Waals surface area contributed by atoms with Gasteiger partial charge in [0.05, 0.1) is 0 Å². The smallest absolute Gasteiger partial charge is 0.0241 e. The van der Waals surface area contributed by atoms with Crippen LogP contribution in [0.25, 0.3) is 0 Å². The summed E-state index contributed by atoms with van der Waals surface area (Å²) in [7, 11) is 0. The number of alkyl halides is 1. The molecule has 0 unspecified atom stereocenters. The molecule has 9 heavy (non-hydrogen) atoms. The summed E-state index contributed by atoms with van der Waals surface area (Å²) in [6.07, 6.45) is 3.48. The molecule has 0 bridgehead atoms. The zero-order chi connectivity index (χ0) is 7.28. The van der Waals surface area contributed by atoms with Crippen LogP contribution in [-0.2, 0) is 0 Å². The Kier molecular flexibility index (Phi) is 5.16. The van der Waals surface area contributed by atoms with E-state index in [1.54, 1.807) is 0 Å². The molecule has 0 saturated heterocycles. The summed E-state index contributed by atoms with van der Waals surface area (Å²) in [6, 6.07) is 0. The minimum absolute atomic E-state index is 0.692. The molecule has 0 aliphatic carbocycles. The van der Waals surface area contributed by atoms with E-state index in [9.17, 15) is 0 Å². The van der Waals surface area contributed by atoms with Gasteiger partial charge in [0.2, 0.25) is 0 Å². The molecule has 0 heterocycles. The molecule has 0 spiro atoms. The molecule has 0 aromatic carbocycles. The van der Waals surface area contributed by atoms with Crippen molar-refractivity contribution < 1.29 is 0 Å². The number of hydrogen-bond donors (Lipinski definition) is 0. The fourth-order valence-corrected chi connectivity index (χ4v) is 1.31. The van der Waals surface area contributed by atoms with Crippen LogP contribution < -0.4 is 0 Å². The molecule has 0 atom stereocenters. The van der Waals surface area contributed by atoms with Crippen LogP contribution in [0, 0.1) is 5.92 Å². The van der Waals surface area contributed by atoms with E-state index in [1.807, 2.05) is 0 Å². The van der Waals surface area contributed by atoms with E-state index >= 15 is 0 Å². The van der Waals surface area contributed by atoms with Crippen LogP contribution in [0.15, 0.2) is 11.6 Å². The molecular weight excluding hydrogens is 176 g/mol.